The Hall–Kier alpha value is -1.35. The molecule has 1 atom stereocenters. The summed E-state index contributed by atoms with van der Waals surface area (Å²) in [6.45, 7) is 0.542. The second-order valence-electron chi connectivity index (χ2n) is 2.86. The van der Waals surface area contributed by atoms with Crippen LogP contribution in [0.3, 0.4) is 0 Å². The lowest BCUT2D eigenvalue weighted by Crippen LogP contribution is -2.10. The van der Waals surface area contributed by atoms with Gasteiger partial charge in [-0.2, -0.15) is 0 Å². The molecule has 0 saturated heterocycles. The topological polar surface area (TPSA) is 58.6 Å². The van der Waals surface area contributed by atoms with Gasteiger partial charge in [0.05, 0.1) is 5.69 Å². The molecule has 0 bridgehead atoms. The van der Waals surface area contributed by atoms with Gasteiger partial charge in [-0.05, 0) is 23.8 Å². The first-order valence-corrected chi connectivity index (χ1v) is 3.88. The van der Waals surface area contributed by atoms with E-state index in [1.54, 1.807) is 18.2 Å². The zero-order valence-electron chi connectivity index (χ0n) is 6.57. The van der Waals surface area contributed by atoms with Crippen LogP contribution in [0.4, 0.5) is 5.69 Å². The SMILES string of the molecule is NCC1C=Nc2ccc(O)cc21. The van der Waals surface area contributed by atoms with Gasteiger partial charge >= 0.3 is 0 Å². The summed E-state index contributed by atoms with van der Waals surface area (Å²) in [6.07, 6.45) is 1.82. The van der Waals surface area contributed by atoms with Crippen molar-refractivity contribution in [2.24, 2.45) is 10.7 Å². The predicted molar refractivity (Wildman–Crippen MR) is 48.1 cm³/mol. The molecule has 1 aromatic rings. The van der Waals surface area contributed by atoms with Crippen LogP contribution in [0.15, 0.2) is 23.2 Å². The molecule has 1 heterocycles. The monoisotopic (exact) mass is 162 g/mol. The summed E-state index contributed by atoms with van der Waals surface area (Å²) < 4.78 is 0. The quantitative estimate of drug-likeness (QED) is 0.650. The fourth-order valence-electron chi connectivity index (χ4n) is 1.39. The van der Waals surface area contributed by atoms with Crippen LogP contribution in [0, 0.1) is 0 Å². The Kier molecular flexibility index (Phi) is 1.59. The molecule has 2 rings (SSSR count). The minimum absolute atomic E-state index is 0.173. The van der Waals surface area contributed by atoms with Crippen molar-refractivity contribution in [3.63, 3.8) is 0 Å². The molecule has 0 amide bonds. The average Bonchev–Trinajstić information content (AvgIpc) is 2.46. The molecule has 62 valence electrons. The number of phenolic OH excluding ortho intramolecular Hbond substituents is 1. The highest BCUT2D eigenvalue weighted by Crippen LogP contribution is 2.33. The van der Waals surface area contributed by atoms with E-state index in [9.17, 15) is 5.11 Å². The van der Waals surface area contributed by atoms with Crippen LogP contribution in [0.5, 0.6) is 5.75 Å². The van der Waals surface area contributed by atoms with Gasteiger partial charge in [0.25, 0.3) is 0 Å². The van der Waals surface area contributed by atoms with Crippen molar-refractivity contribution in [2.45, 2.75) is 5.92 Å². The van der Waals surface area contributed by atoms with Gasteiger partial charge in [-0.25, -0.2) is 0 Å². The summed E-state index contributed by atoms with van der Waals surface area (Å²) in [4.78, 5) is 4.18. The molecular weight excluding hydrogens is 152 g/mol. The van der Waals surface area contributed by atoms with Gasteiger partial charge in [0.1, 0.15) is 5.75 Å². The number of fused-ring (bicyclic) bond motifs is 1. The molecule has 0 fully saturated rings. The van der Waals surface area contributed by atoms with Gasteiger partial charge in [0, 0.05) is 18.7 Å². The van der Waals surface area contributed by atoms with E-state index in [4.69, 9.17) is 5.73 Å². The highest BCUT2D eigenvalue weighted by molar-refractivity contribution is 5.81. The first-order chi connectivity index (χ1) is 5.81. The van der Waals surface area contributed by atoms with E-state index in [1.165, 1.54) is 0 Å². The van der Waals surface area contributed by atoms with Gasteiger partial charge < -0.3 is 10.8 Å². The van der Waals surface area contributed by atoms with Gasteiger partial charge in [0.2, 0.25) is 0 Å². The lowest BCUT2D eigenvalue weighted by molar-refractivity contribution is 0.474. The fourth-order valence-corrected chi connectivity index (χ4v) is 1.39. The number of nitrogens with two attached hydrogens (primary N) is 1. The van der Waals surface area contributed by atoms with Gasteiger partial charge in [-0.1, -0.05) is 0 Å². The lowest BCUT2D eigenvalue weighted by Gasteiger charge is -2.05. The Morgan fingerprint density at radius 2 is 2.33 bits per heavy atom. The minimum atomic E-state index is 0.173. The van der Waals surface area contributed by atoms with Crippen molar-refractivity contribution in [1.29, 1.82) is 0 Å². The van der Waals surface area contributed by atoms with Crippen LogP contribution in [0.25, 0.3) is 0 Å². The molecule has 0 radical (unpaired) electrons. The molecule has 12 heavy (non-hydrogen) atoms. The summed E-state index contributed by atoms with van der Waals surface area (Å²) in [6, 6.07) is 5.16. The standard InChI is InChI=1S/C9H10N2O/c10-4-6-5-11-9-2-1-7(12)3-8(6)9/h1-3,5-6,12H,4,10H2. The minimum Gasteiger partial charge on any atom is -0.508 e. The van der Waals surface area contributed by atoms with Crippen molar-refractivity contribution >= 4 is 11.9 Å². The van der Waals surface area contributed by atoms with E-state index in [0.717, 1.165) is 11.3 Å². The van der Waals surface area contributed by atoms with Crippen molar-refractivity contribution in [3.8, 4) is 5.75 Å². The van der Waals surface area contributed by atoms with Gasteiger partial charge in [-0.15, -0.1) is 0 Å². The molecule has 0 saturated carbocycles. The lowest BCUT2D eigenvalue weighted by atomic mass is 10.0. The largest absolute Gasteiger partial charge is 0.508 e. The predicted octanol–water partition coefficient (Wildman–Crippen LogP) is 1.15. The second-order valence-corrected chi connectivity index (χ2v) is 2.86. The Labute approximate surface area is 70.5 Å². The molecule has 1 aliphatic heterocycles. The first kappa shape index (κ1) is 7.31. The molecule has 1 unspecified atom stereocenters. The van der Waals surface area contributed by atoms with Crippen LogP contribution in [0.2, 0.25) is 0 Å². The van der Waals surface area contributed by atoms with E-state index in [2.05, 4.69) is 4.99 Å². The summed E-state index contributed by atoms with van der Waals surface area (Å²) in [7, 11) is 0. The Balaban J connectivity index is 2.48. The summed E-state index contributed by atoms with van der Waals surface area (Å²) in [5.74, 6) is 0.449. The Bertz CT molecular complexity index is 333. The molecule has 0 spiro atoms. The van der Waals surface area contributed by atoms with E-state index in [1.807, 2.05) is 6.21 Å². The van der Waals surface area contributed by atoms with Crippen LogP contribution >= 0.6 is 0 Å². The van der Waals surface area contributed by atoms with E-state index < -0.39 is 0 Å². The zero-order valence-corrected chi connectivity index (χ0v) is 6.57. The molecule has 0 aromatic heterocycles. The summed E-state index contributed by atoms with van der Waals surface area (Å²) in [5.41, 5.74) is 7.47. The number of hydrogen-bond acceptors (Lipinski definition) is 3. The van der Waals surface area contributed by atoms with E-state index in [-0.39, 0.29) is 11.7 Å². The first-order valence-electron chi connectivity index (χ1n) is 3.88. The molecule has 1 aliphatic rings. The third kappa shape index (κ3) is 0.987. The number of rotatable bonds is 1. The van der Waals surface area contributed by atoms with Crippen LogP contribution in [-0.4, -0.2) is 17.9 Å². The number of phenols is 1. The Morgan fingerprint density at radius 1 is 1.50 bits per heavy atom. The highest BCUT2D eigenvalue weighted by atomic mass is 16.3. The maximum absolute atomic E-state index is 9.21. The molecule has 3 heteroatoms. The van der Waals surface area contributed by atoms with Crippen molar-refractivity contribution in [1.82, 2.24) is 0 Å². The fraction of sp³-hybridized carbons (Fsp3) is 0.222. The molecule has 3 N–H and O–H groups in total. The average molecular weight is 162 g/mol. The number of aliphatic imine (C=N–C) groups is 1. The maximum Gasteiger partial charge on any atom is 0.116 e. The molecule has 0 aliphatic carbocycles. The zero-order chi connectivity index (χ0) is 8.55. The smallest absolute Gasteiger partial charge is 0.116 e. The van der Waals surface area contributed by atoms with Crippen molar-refractivity contribution in [3.05, 3.63) is 23.8 Å². The second kappa shape index (κ2) is 2.60. The number of nitrogens with zero attached hydrogens (tertiary/aromatic N) is 1. The van der Waals surface area contributed by atoms with Gasteiger partial charge in [-0.3, -0.25) is 4.99 Å². The normalized spacial score (nSPS) is 19.6. The van der Waals surface area contributed by atoms with E-state index >= 15 is 0 Å². The molecular formula is C9H10N2O. The Morgan fingerprint density at radius 3 is 3.08 bits per heavy atom. The molecule has 1 aromatic carbocycles. The third-order valence-corrected chi connectivity index (χ3v) is 2.06. The van der Waals surface area contributed by atoms with Crippen LogP contribution < -0.4 is 5.73 Å². The maximum atomic E-state index is 9.21. The van der Waals surface area contributed by atoms with E-state index in [0.29, 0.717) is 6.54 Å². The number of hydrogen-bond donors (Lipinski definition) is 2. The summed E-state index contributed by atoms with van der Waals surface area (Å²) >= 11 is 0. The van der Waals surface area contributed by atoms with Crippen molar-refractivity contribution in [2.75, 3.05) is 6.54 Å². The molecule has 3 nitrogen and oxygen atoms in total. The van der Waals surface area contributed by atoms with Crippen LogP contribution in [-0.2, 0) is 0 Å². The van der Waals surface area contributed by atoms with Crippen LogP contribution in [0.1, 0.15) is 11.5 Å². The third-order valence-electron chi connectivity index (χ3n) is 2.06. The summed E-state index contributed by atoms with van der Waals surface area (Å²) in [5, 5.41) is 9.21. The highest BCUT2D eigenvalue weighted by Gasteiger charge is 2.17. The number of aromatic hydroxyl groups is 1. The van der Waals surface area contributed by atoms with Crippen molar-refractivity contribution < 1.29 is 5.11 Å². The number of benzene rings is 1. The van der Waals surface area contributed by atoms with Gasteiger partial charge in [0.15, 0.2) is 0 Å².